The monoisotopic (exact) mass is 287 g/mol. The van der Waals surface area contributed by atoms with Gasteiger partial charge in [-0.05, 0) is 36.2 Å². The number of nitrogens with zero attached hydrogens (tertiary/aromatic N) is 2. The second kappa shape index (κ2) is 8.34. The molecule has 5 heteroatoms. The van der Waals surface area contributed by atoms with Crippen molar-refractivity contribution >= 4 is 0 Å². The van der Waals surface area contributed by atoms with Gasteiger partial charge in [-0.1, -0.05) is 19.1 Å². The lowest BCUT2D eigenvalue weighted by Crippen LogP contribution is -2.31. The molecule has 0 aliphatic carbocycles. The quantitative estimate of drug-likeness (QED) is 0.771. The Morgan fingerprint density at radius 3 is 2.95 bits per heavy atom. The van der Waals surface area contributed by atoms with Gasteiger partial charge in [0, 0.05) is 19.3 Å². The lowest BCUT2D eigenvalue weighted by atomic mass is 10.2. The third-order valence-corrected chi connectivity index (χ3v) is 3.06. The lowest BCUT2D eigenvalue weighted by molar-refractivity contribution is 0.106. The van der Waals surface area contributed by atoms with Crippen molar-refractivity contribution in [2.75, 3.05) is 13.2 Å². The van der Waals surface area contributed by atoms with Crippen LogP contribution < -0.4 is 10.1 Å². The van der Waals surface area contributed by atoms with Crippen molar-refractivity contribution in [3.8, 4) is 5.75 Å². The van der Waals surface area contributed by atoms with Crippen LogP contribution in [0.15, 0.2) is 42.6 Å². The molecule has 112 valence electrons. The van der Waals surface area contributed by atoms with Crippen LogP contribution in [-0.2, 0) is 13.0 Å². The van der Waals surface area contributed by atoms with Gasteiger partial charge in [-0.15, -0.1) is 0 Å². The van der Waals surface area contributed by atoms with E-state index in [1.807, 2.05) is 30.3 Å². The number of aliphatic hydroxyl groups is 1. The number of aliphatic hydroxyl groups excluding tert-OH is 1. The Kier molecular flexibility index (Phi) is 6.12. The van der Waals surface area contributed by atoms with E-state index >= 15 is 0 Å². The van der Waals surface area contributed by atoms with Gasteiger partial charge in [-0.3, -0.25) is 0 Å². The van der Waals surface area contributed by atoms with E-state index in [-0.39, 0.29) is 6.61 Å². The Hall–Kier alpha value is -1.98. The highest BCUT2D eigenvalue weighted by molar-refractivity contribution is 5.28. The summed E-state index contributed by atoms with van der Waals surface area (Å²) >= 11 is 0. The summed E-state index contributed by atoms with van der Waals surface area (Å²) in [6, 6.07) is 11.7. The molecule has 1 heterocycles. The highest BCUT2D eigenvalue weighted by atomic mass is 16.5. The van der Waals surface area contributed by atoms with Crippen molar-refractivity contribution < 1.29 is 9.84 Å². The van der Waals surface area contributed by atoms with E-state index in [2.05, 4.69) is 28.5 Å². The third-order valence-electron chi connectivity index (χ3n) is 3.06. The van der Waals surface area contributed by atoms with Gasteiger partial charge in [-0.25, -0.2) is 0 Å². The van der Waals surface area contributed by atoms with Crippen LogP contribution in [0, 0.1) is 0 Å². The highest BCUT2D eigenvalue weighted by Crippen LogP contribution is 2.13. The highest BCUT2D eigenvalue weighted by Gasteiger charge is 2.05. The normalized spacial score (nSPS) is 12.1. The first kappa shape index (κ1) is 15.4. The standard InChI is InChI=1S/C16H21N3O2/c1-2-13-5-3-7-16(9-13)21-12-15(20)11-17-10-14-6-4-8-18-19-14/h3-9,15,17,20H,2,10-12H2,1H3. The van der Waals surface area contributed by atoms with Gasteiger partial charge in [0.25, 0.3) is 0 Å². The Balaban J connectivity index is 1.68. The number of hydrogen-bond acceptors (Lipinski definition) is 5. The number of hydrogen-bond donors (Lipinski definition) is 2. The molecule has 0 fully saturated rings. The van der Waals surface area contributed by atoms with Crippen molar-refractivity contribution in [2.24, 2.45) is 0 Å². The average molecular weight is 287 g/mol. The first-order valence-corrected chi connectivity index (χ1v) is 7.15. The second-order valence-corrected chi connectivity index (χ2v) is 4.81. The number of nitrogens with one attached hydrogen (secondary N) is 1. The zero-order valence-electron chi connectivity index (χ0n) is 12.2. The minimum absolute atomic E-state index is 0.265. The maximum Gasteiger partial charge on any atom is 0.119 e. The fraction of sp³-hybridized carbons (Fsp3) is 0.375. The molecule has 0 saturated carbocycles. The maximum absolute atomic E-state index is 9.89. The third kappa shape index (κ3) is 5.49. The van der Waals surface area contributed by atoms with Crippen LogP contribution in [0.5, 0.6) is 5.75 Å². The molecule has 0 aliphatic heterocycles. The second-order valence-electron chi connectivity index (χ2n) is 4.81. The lowest BCUT2D eigenvalue weighted by Gasteiger charge is -2.13. The molecule has 0 bridgehead atoms. The molecule has 1 aromatic carbocycles. The van der Waals surface area contributed by atoms with Gasteiger partial charge in [0.1, 0.15) is 18.5 Å². The summed E-state index contributed by atoms with van der Waals surface area (Å²) in [5.74, 6) is 0.794. The van der Waals surface area contributed by atoms with Crippen molar-refractivity contribution in [1.29, 1.82) is 0 Å². The minimum Gasteiger partial charge on any atom is -0.491 e. The van der Waals surface area contributed by atoms with Gasteiger partial charge in [-0.2, -0.15) is 10.2 Å². The fourth-order valence-corrected chi connectivity index (χ4v) is 1.90. The molecule has 2 rings (SSSR count). The summed E-state index contributed by atoms with van der Waals surface area (Å²) in [6.45, 7) is 3.39. The van der Waals surface area contributed by atoms with Crippen LogP contribution in [0.4, 0.5) is 0 Å². The molecule has 0 saturated heterocycles. The number of ether oxygens (including phenoxy) is 1. The molecular weight excluding hydrogens is 266 g/mol. The van der Waals surface area contributed by atoms with Gasteiger partial charge < -0.3 is 15.2 Å². The number of rotatable bonds is 8. The van der Waals surface area contributed by atoms with Crippen molar-refractivity contribution in [1.82, 2.24) is 15.5 Å². The van der Waals surface area contributed by atoms with E-state index in [1.165, 1.54) is 5.56 Å². The molecule has 0 aliphatic rings. The van der Waals surface area contributed by atoms with E-state index in [1.54, 1.807) is 6.20 Å². The number of aryl methyl sites for hydroxylation is 1. The SMILES string of the molecule is CCc1cccc(OCC(O)CNCc2cccnn2)c1. The van der Waals surface area contributed by atoms with E-state index in [9.17, 15) is 5.11 Å². The van der Waals surface area contributed by atoms with Crippen LogP contribution in [0.25, 0.3) is 0 Å². The molecule has 1 atom stereocenters. The van der Waals surface area contributed by atoms with Crippen LogP contribution in [0.3, 0.4) is 0 Å². The number of benzene rings is 1. The van der Waals surface area contributed by atoms with Crippen LogP contribution in [-0.4, -0.2) is 34.6 Å². The predicted octanol–water partition coefficient (Wildman–Crippen LogP) is 1.57. The van der Waals surface area contributed by atoms with E-state index in [4.69, 9.17) is 4.74 Å². The van der Waals surface area contributed by atoms with Crippen LogP contribution >= 0.6 is 0 Å². The van der Waals surface area contributed by atoms with E-state index in [0.717, 1.165) is 17.9 Å². The molecule has 0 spiro atoms. The molecule has 2 aromatic rings. The van der Waals surface area contributed by atoms with Gasteiger partial charge in [0.2, 0.25) is 0 Å². The van der Waals surface area contributed by atoms with Crippen LogP contribution in [0.2, 0.25) is 0 Å². The Morgan fingerprint density at radius 1 is 1.29 bits per heavy atom. The first-order chi connectivity index (χ1) is 10.3. The van der Waals surface area contributed by atoms with Crippen molar-refractivity contribution in [3.05, 3.63) is 53.9 Å². The van der Waals surface area contributed by atoms with Crippen LogP contribution in [0.1, 0.15) is 18.2 Å². The van der Waals surface area contributed by atoms with E-state index in [0.29, 0.717) is 13.1 Å². The molecule has 0 radical (unpaired) electrons. The van der Waals surface area contributed by atoms with Crippen molar-refractivity contribution in [3.63, 3.8) is 0 Å². The molecule has 21 heavy (non-hydrogen) atoms. The summed E-state index contributed by atoms with van der Waals surface area (Å²) in [4.78, 5) is 0. The molecule has 1 unspecified atom stereocenters. The maximum atomic E-state index is 9.89. The fourth-order valence-electron chi connectivity index (χ4n) is 1.90. The number of aromatic nitrogens is 2. The van der Waals surface area contributed by atoms with E-state index < -0.39 is 6.10 Å². The molecule has 0 amide bonds. The van der Waals surface area contributed by atoms with Gasteiger partial charge >= 0.3 is 0 Å². The average Bonchev–Trinajstić information content (AvgIpc) is 2.54. The predicted molar refractivity (Wildman–Crippen MR) is 81.1 cm³/mol. The topological polar surface area (TPSA) is 67.3 Å². The Bertz CT molecular complexity index is 534. The molecule has 2 N–H and O–H groups in total. The summed E-state index contributed by atoms with van der Waals surface area (Å²) in [5.41, 5.74) is 2.07. The van der Waals surface area contributed by atoms with Gasteiger partial charge in [0.05, 0.1) is 5.69 Å². The Labute approximate surface area is 125 Å². The zero-order valence-corrected chi connectivity index (χ0v) is 12.2. The summed E-state index contributed by atoms with van der Waals surface area (Å²) in [7, 11) is 0. The van der Waals surface area contributed by atoms with Gasteiger partial charge in [0.15, 0.2) is 0 Å². The largest absolute Gasteiger partial charge is 0.491 e. The smallest absolute Gasteiger partial charge is 0.119 e. The first-order valence-electron chi connectivity index (χ1n) is 7.15. The molecule has 1 aromatic heterocycles. The zero-order chi connectivity index (χ0) is 14.9. The Morgan fingerprint density at radius 2 is 2.19 bits per heavy atom. The minimum atomic E-state index is -0.563. The van der Waals surface area contributed by atoms with Crippen molar-refractivity contribution in [2.45, 2.75) is 26.0 Å². The molecular formula is C16H21N3O2. The summed E-state index contributed by atoms with van der Waals surface area (Å²) < 4.78 is 5.60. The summed E-state index contributed by atoms with van der Waals surface area (Å²) in [5, 5.41) is 20.8. The molecule has 5 nitrogen and oxygen atoms in total. The summed E-state index contributed by atoms with van der Waals surface area (Å²) in [6.07, 6.45) is 2.04.